The van der Waals surface area contributed by atoms with E-state index in [1.165, 1.54) is 28.5 Å². The van der Waals surface area contributed by atoms with Gasteiger partial charge in [0.25, 0.3) is 0 Å². The number of urea groups is 1. The zero-order chi connectivity index (χ0) is 23.8. The lowest BCUT2D eigenvalue weighted by Gasteiger charge is -2.37. The van der Waals surface area contributed by atoms with Crippen molar-refractivity contribution in [1.29, 1.82) is 0 Å². The van der Waals surface area contributed by atoms with Gasteiger partial charge in [-0.3, -0.25) is 0 Å². The van der Waals surface area contributed by atoms with Crippen LogP contribution in [-0.4, -0.2) is 63.3 Å². The van der Waals surface area contributed by atoms with Gasteiger partial charge in [0.1, 0.15) is 17.3 Å². The van der Waals surface area contributed by atoms with Gasteiger partial charge in [-0.05, 0) is 24.6 Å². The molecule has 2 aromatic heterocycles. The fraction of sp³-hybridized carbons (Fsp3) is 0.318. The maximum Gasteiger partial charge on any atom is 0.341 e. The van der Waals surface area contributed by atoms with Gasteiger partial charge in [0.05, 0.1) is 22.1 Å². The van der Waals surface area contributed by atoms with Crippen molar-refractivity contribution in [3.8, 4) is 10.6 Å². The minimum absolute atomic E-state index is 0.200. The minimum Gasteiger partial charge on any atom is -0.337 e. The number of benzene rings is 1. The highest BCUT2D eigenvalue weighted by molar-refractivity contribution is 7.15. The Labute approximate surface area is 197 Å². The van der Waals surface area contributed by atoms with Gasteiger partial charge in [-0.25, -0.2) is 37.9 Å². The predicted octanol–water partition coefficient (Wildman–Crippen LogP) is 4.00. The summed E-state index contributed by atoms with van der Waals surface area (Å²) in [6, 6.07) is 2.32. The standard InChI is InChI=1S/C22H20F3N7OS/c1-13-26-12-19(34-13)20-17(25)11-27-21(29-20)30-4-6-31(7-5-30)22(33)32-18(2-3-28-32)14-8-15(23)10-16(24)9-14/h3,8-12,18H,2,4-7H2,1H3/t18-/m0/s1. The number of anilines is 1. The number of aryl methyl sites for hydroxylation is 1. The lowest BCUT2D eigenvalue weighted by molar-refractivity contribution is 0.139. The molecule has 0 aliphatic carbocycles. The quantitative estimate of drug-likeness (QED) is 0.558. The Bertz CT molecular complexity index is 1240. The number of carbonyl (C=O) groups excluding carboxylic acids is 1. The molecular formula is C22H20F3N7OS. The summed E-state index contributed by atoms with van der Waals surface area (Å²) in [5.74, 6) is -1.54. The summed E-state index contributed by atoms with van der Waals surface area (Å²) >= 11 is 1.35. The van der Waals surface area contributed by atoms with E-state index in [1.54, 1.807) is 17.3 Å². The fourth-order valence-electron chi connectivity index (χ4n) is 4.04. The van der Waals surface area contributed by atoms with Crippen LogP contribution in [0, 0.1) is 24.4 Å². The summed E-state index contributed by atoms with van der Waals surface area (Å²) in [5, 5.41) is 6.23. The van der Waals surface area contributed by atoms with Crippen LogP contribution < -0.4 is 4.90 Å². The van der Waals surface area contributed by atoms with E-state index in [4.69, 9.17) is 0 Å². The molecule has 1 saturated heterocycles. The van der Waals surface area contributed by atoms with E-state index in [-0.39, 0.29) is 11.7 Å². The number of amides is 2. The molecule has 12 heteroatoms. The lowest BCUT2D eigenvalue weighted by atomic mass is 10.0. The van der Waals surface area contributed by atoms with Crippen LogP contribution in [0.2, 0.25) is 0 Å². The van der Waals surface area contributed by atoms with Crippen molar-refractivity contribution in [3.63, 3.8) is 0 Å². The highest BCUT2D eigenvalue weighted by Gasteiger charge is 2.34. The summed E-state index contributed by atoms with van der Waals surface area (Å²) < 4.78 is 41.7. The Morgan fingerprint density at radius 3 is 2.44 bits per heavy atom. The number of rotatable bonds is 3. The third-order valence-corrected chi connectivity index (χ3v) is 6.63. The Kier molecular flexibility index (Phi) is 5.90. The van der Waals surface area contributed by atoms with Gasteiger partial charge in [-0.1, -0.05) is 0 Å². The first-order chi connectivity index (χ1) is 16.4. The Morgan fingerprint density at radius 2 is 1.76 bits per heavy atom. The smallest absolute Gasteiger partial charge is 0.337 e. The number of carbonyl (C=O) groups is 1. The molecule has 1 aromatic carbocycles. The van der Waals surface area contributed by atoms with Crippen LogP contribution in [0.25, 0.3) is 10.6 Å². The van der Waals surface area contributed by atoms with E-state index in [2.05, 4.69) is 20.1 Å². The molecule has 0 radical (unpaired) electrons. The van der Waals surface area contributed by atoms with E-state index in [9.17, 15) is 18.0 Å². The van der Waals surface area contributed by atoms with E-state index >= 15 is 0 Å². The zero-order valence-electron chi connectivity index (χ0n) is 18.2. The van der Waals surface area contributed by atoms with Crippen LogP contribution in [0.4, 0.5) is 23.9 Å². The molecule has 4 heterocycles. The van der Waals surface area contributed by atoms with Gasteiger partial charge >= 0.3 is 6.03 Å². The van der Waals surface area contributed by atoms with Crippen molar-refractivity contribution in [2.45, 2.75) is 19.4 Å². The summed E-state index contributed by atoms with van der Waals surface area (Å²) in [7, 11) is 0. The molecule has 0 spiro atoms. The summed E-state index contributed by atoms with van der Waals surface area (Å²) in [4.78, 5) is 29.9. The lowest BCUT2D eigenvalue weighted by Crippen LogP contribution is -2.52. The first-order valence-corrected chi connectivity index (χ1v) is 11.5. The van der Waals surface area contributed by atoms with E-state index in [0.717, 1.165) is 17.3 Å². The third-order valence-electron chi connectivity index (χ3n) is 5.71. The van der Waals surface area contributed by atoms with E-state index in [0.29, 0.717) is 49.0 Å². The van der Waals surface area contributed by atoms with E-state index in [1.807, 2.05) is 11.8 Å². The summed E-state index contributed by atoms with van der Waals surface area (Å²) in [5.41, 5.74) is 0.554. The Balaban J connectivity index is 1.27. The van der Waals surface area contributed by atoms with Gasteiger partial charge < -0.3 is 9.80 Å². The molecule has 0 bridgehead atoms. The Hall–Kier alpha value is -3.54. The molecule has 0 unspecified atom stereocenters. The van der Waals surface area contributed by atoms with Gasteiger partial charge in [-0.15, -0.1) is 11.3 Å². The first kappa shape index (κ1) is 22.3. The number of hydrogen-bond donors (Lipinski definition) is 0. The average Bonchev–Trinajstić information content (AvgIpc) is 3.48. The van der Waals surface area contributed by atoms with Gasteiger partial charge in [0, 0.05) is 51.1 Å². The van der Waals surface area contributed by atoms with Crippen molar-refractivity contribution in [2.75, 3.05) is 31.1 Å². The third kappa shape index (κ3) is 4.32. The molecule has 1 fully saturated rings. The van der Waals surface area contributed by atoms with Crippen LogP contribution in [0.3, 0.4) is 0 Å². The number of aromatic nitrogens is 3. The number of thiazole rings is 1. The maximum absolute atomic E-state index is 14.3. The fourth-order valence-corrected chi connectivity index (χ4v) is 4.81. The van der Waals surface area contributed by atoms with Crippen LogP contribution in [0.5, 0.6) is 0 Å². The molecule has 0 N–H and O–H groups in total. The number of halogens is 3. The van der Waals surface area contributed by atoms with Crippen molar-refractivity contribution in [3.05, 3.63) is 58.6 Å². The molecule has 5 rings (SSSR count). The van der Waals surface area contributed by atoms with Crippen LogP contribution in [0.1, 0.15) is 23.0 Å². The topological polar surface area (TPSA) is 77.8 Å². The molecule has 176 valence electrons. The van der Waals surface area contributed by atoms with Gasteiger partial charge in [0.15, 0.2) is 5.82 Å². The molecule has 8 nitrogen and oxygen atoms in total. The molecule has 2 aliphatic rings. The largest absolute Gasteiger partial charge is 0.341 e. The molecule has 2 aliphatic heterocycles. The molecule has 3 aromatic rings. The van der Waals surface area contributed by atoms with Crippen molar-refractivity contribution < 1.29 is 18.0 Å². The highest BCUT2D eigenvalue weighted by atomic mass is 32.1. The number of hydrazone groups is 1. The van der Waals surface area contributed by atoms with Crippen molar-refractivity contribution in [2.24, 2.45) is 5.10 Å². The number of hydrogen-bond acceptors (Lipinski definition) is 7. The number of nitrogens with zero attached hydrogens (tertiary/aromatic N) is 7. The maximum atomic E-state index is 14.3. The summed E-state index contributed by atoms with van der Waals surface area (Å²) in [6.45, 7) is 3.45. The van der Waals surface area contributed by atoms with Crippen molar-refractivity contribution >= 4 is 29.5 Å². The second kappa shape index (κ2) is 9.01. The number of piperazine rings is 1. The SMILES string of the molecule is Cc1ncc(-c2nc(N3CCN(C(=O)N4N=CC[C@H]4c4cc(F)cc(F)c4)CC3)ncc2F)s1. The Morgan fingerprint density at radius 1 is 1.03 bits per heavy atom. The monoisotopic (exact) mass is 487 g/mol. The van der Waals surface area contributed by atoms with Crippen LogP contribution in [-0.2, 0) is 0 Å². The molecule has 2 amide bonds. The van der Waals surface area contributed by atoms with Crippen LogP contribution >= 0.6 is 11.3 Å². The highest BCUT2D eigenvalue weighted by Crippen LogP contribution is 2.31. The molecule has 1 atom stereocenters. The normalized spacial score (nSPS) is 18.1. The second-order valence-corrected chi connectivity index (χ2v) is 9.20. The zero-order valence-corrected chi connectivity index (χ0v) is 19.0. The minimum atomic E-state index is -0.699. The predicted molar refractivity (Wildman–Crippen MR) is 121 cm³/mol. The molecule has 34 heavy (non-hydrogen) atoms. The van der Waals surface area contributed by atoms with E-state index < -0.39 is 23.5 Å². The first-order valence-electron chi connectivity index (χ1n) is 10.7. The second-order valence-electron chi connectivity index (χ2n) is 7.96. The van der Waals surface area contributed by atoms with Gasteiger partial charge in [-0.2, -0.15) is 5.10 Å². The van der Waals surface area contributed by atoms with Crippen LogP contribution in [0.15, 0.2) is 35.7 Å². The average molecular weight is 488 g/mol. The molecule has 0 saturated carbocycles. The van der Waals surface area contributed by atoms with Crippen molar-refractivity contribution in [1.82, 2.24) is 24.9 Å². The molecular weight excluding hydrogens is 467 g/mol. The van der Waals surface area contributed by atoms with Gasteiger partial charge in [0.2, 0.25) is 5.95 Å². The summed E-state index contributed by atoms with van der Waals surface area (Å²) in [6.07, 6.45) is 4.67.